The maximum Gasteiger partial charge on any atom is 0.389 e. The summed E-state index contributed by atoms with van der Waals surface area (Å²) in [4.78, 5) is 36.0. The summed E-state index contributed by atoms with van der Waals surface area (Å²) in [5.41, 5.74) is 19.8. The third-order valence-electron chi connectivity index (χ3n) is 14.6. The predicted molar refractivity (Wildman–Crippen MR) is 303 cm³/mol. The molecule has 12 rings (SSSR count). The number of ether oxygens (including phenoxy) is 5. The van der Waals surface area contributed by atoms with E-state index in [9.17, 15) is 9.36 Å². The van der Waals surface area contributed by atoms with Crippen molar-refractivity contribution < 1.29 is 64.5 Å². The van der Waals surface area contributed by atoms with Crippen LogP contribution < -0.4 is 16.4 Å². The summed E-state index contributed by atoms with van der Waals surface area (Å²) >= 11 is 0.745. The second-order valence-corrected chi connectivity index (χ2v) is 25.5. The summed E-state index contributed by atoms with van der Waals surface area (Å²) in [5.74, 6) is 0.0808. The van der Waals surface area contributed by atoms with Gasteiger partial charge in [0.05, 0.1) is 95.7 Å². The molecule has 1 amide bonds. The number of hydrogen-bond acceptors (Lipinski definition) is 22. The van der Waals surface area contributed by atoms with Gasteiger partial charge >= 0.3 is 6.80 Å². The Hall–Kier alpha value is -6.59. The zero-order chi connectivity index (χ0) is 58.1. The molecule has 5 aromatic heterocycles. The van der Waals surface area contributed by atoms with Gasteiger partial charge in [-0.3, -0.25) is 27.5 Å². The summed E-state index contributed by atoms with van der Waals surface area (Å²) in [6, 6.07) is 24.6. The second-order valence-electron chi connectivity index (χ2n) is 19.9. The molecule has 0 unspecified atom stereocenters. The zero-order valence-electron chi connectivity index (χ0n) is 45.0. The van der Waals surface area contributed by atoms with Crippen LogP contribution in [0.2, 0.25) is 0 Å². The van der Waals surface area contributed by atoms with Gasteiger partial charge in [0.15, 0.2) is 41.9 Å². The number of rotatable bonds is 17. The van der Waals surface area contributed by atoms with E-state index in [0.29, 0.717) is 58.1 Å². The van der Waals surface area contributed by atoms with E-state index in [4.69, 9.17) is 60.8 Å². The Labute approximate surface area is 484 Å². The van der Waals surface area contributed by atoms with Crippen molar-refractivity contribution in [3.63, 3.8) is 0 Å². The van der Waals surface area contributed by atoms with Crippen molar-refractivity contribution in [1.82, 2.24) is 49.0 Å². The molecule has 4 aliphatic rings. The molecule has 8 aromatic rings. The second kappa shape index (κ2) is 24.8. The number of nitrogen functional groups attached to an aromatic ring is 2. The first kappa shape index (κ1) is 57.8. The van der Waals surface area contributed by atoms with E-state index in [1.807, 2.05) is 77.2 Å². The van der Waals surface area contributed by atoms with Crippen LogP contribution in [0.25, 0.3) is 44.8 Å². The van der Waals surface area contributed by atoms with Gasteiger partial charge in [-0.05, 0) is 40.2 Å². The van der Waals surface area contributed by atoms with Gasteiger partial charge in [0, 0.05) is 29.5 Å². The summed E-state index contributed by atoms with van der Waals surface area (Å²) in [5, 5.41) is 9.14. The molecule has 31 heteroatoms. The van der Waals surface area contributed by atoms with E-state index in [0.717, 1.165) is 50.7 Å². The zero-order valence-corrected chi connectivity index (χ0v) is 47.6. The lowest BCUT2D eigenvalue weighted by atomic mass is 9.95. The molecule has 3 aromatic carbocycles. The van der Waals surface area contributed by atoms with Gasteiger partial charge in [-0.1, -0.05) is 78.9 Å². The molecule has 0 spiro atoms. The van der Waals surface area contributed by atoms with Crippen molar-refractivity contribution in [2.75, 3.05) is 62.6 Å². The van der Waals surface area contributed by atoms with Gasteiger partial charge in [-0.2, -0.15) is 0 Å². The topological polar surface area (TPSA) is 295 Å². The van der Waals surface area contributed by atoms with Gasteiger partial charge in [-0.15, -0.1) is 5.10 Å². The summed E-state index contributed by atoms with van der Waals surface area (Å²) in [6.45, 7) is -1.31. The van der Waals surface area contributed by atoms with Crippen LogP contribution in [0.3, 0.4) is 0 Å². The molecule has 9 heterocycles. The van der Waals surface area contributed by atoms with Gasteiger partial charge in [0.1, 0.15) is 47.5 Å². The van der Waals surface area contributed by atoms with Crippen LogP contribution in [-0.4, -0.2) is 146 Å². The highest BCUT2D eigenvalue weighted by Crippen LogP contribution is 2.65. The molecule has 3 saturated heterocycles. The molecule has 10 atom stereocenters. The number of amides is 1. The number of hydrogen-bond donors (Lipinski definition) is 2. The molecule has 438 valence electrons. The average molecular weight is 1210 g/mol. The van der Waals surface area contributed by atoms with Gasteiger partial charge in [0.25, 0.3) is 7.47 Å². The lowest BCUT2D eigenvalue weighted by molar-refractivity contribution is -0.118. The Balaban J connectivity index is 0.658. The van der Waals surface area contributed by atoms with Crippen LogP contribution in [0.15, 0.2) is 104 Å². The van der Waals surface area contributed by atoms with E-state index in [2.05, 4.69) is 35.2 Å². The lowest BCUT2D eigenvalue weighted by Crippen LogP contribution is -2.37. The van der Waals surface area contributed by atoms with Crippen LogP contribution >= 0.6 is 25.7 Å². The van der Waals surface area contributed by atoms with Gasteiger partial charge < -0.3 is 49.1 Å². The maximum atomic E-state index is 17.0. The predicted octanol–water partition coefficient (Wildman–Crippen LogP) is 7.47. The number of nitrogens with zero attached hydrogens (tertiary/aromatic N) is 11. The molecule has 0 bridgehead atoms. The number of halogens is 2. The number of para-hydroxylation sites is 1. The molecular weight excluding hydrogens is 1150 g/mol. The van der Waals surface area contributed by atoms with E-state index >= 15 is 13.3 Å². The molecule has 0 saturated carbocycles. The summed E-state index contributed by atoms with van der Waals surface area (Å²) in [7, 11) is 1.37. The fourth-order valence-corrected chi connectivity index (χ4v) is 14.8. The molecular formula is C53H56BF2N13O12P2S. The van der Waals surface area contributed by atoms with Crippen molar-refractivity contribution in [2.24, 2.45) is 0 Å². The Morgan fingerprint density at radius 2 is 1.39 bits per heavy atom. The molecule has 25 nitrogen and oxygen atoms in total. The number of pyridine rings is 1. The number of anilines is 3. The van der Waals surface area contributed by atoms with Gasteiger partial charge in [-0.25, -0.2) is 42.9 Å². The normalized spacial score (nSPS) is 26.1. The highest BCUT2D eigenvalue weighted by molar-refractivity contribution is 8.54. The van der Waals surface area contributed by atoms with Crippen LogP contribution in [0, 0.1) is 0 Å². The number of imidazole rings is 2. The molecule has 2 radical (unpaired) electrons. The first-order valence-electron chi connectivity index (χ1n) is 26.9. The Morgan fingerprint density at radius 3 is 2.14 bits per heavy atom. The summed E-state index contributed by atoms with van der Waals surface area (Å²) in [6.07, 6.45) is -8.03. The SMILES string of the molecule is [B][P@@]1(=O)OC[C@H]2O[C@@H](n3cnc4c(N)ccnc43)[C@H](F)[C@@H]2O[P@](=O)(SCc2ccc(COCCOCCOCCn3nnc4c3-c3ccccc3N(C(=O)CC)Cc3ccccc3-4)cc2)OC[C@H]2O[C@@H](n3cnc4c(N)ncnc43)[C@H](F)[C@@H]2O1. The van der Waals surface area contributed by atoms with E-state index < -0.39 is 76.7 Å². The van der Waals surface area contributed by atoms with Crippen molar-refractivity contribution >= 4 is 78.6 Å². The van der Waals surface area contributed by atoms with E-state index in [-0.39, 0.29) is 52.1 Å². The number of alkyl halides is 2. The van der Waals surface area contributed by atoms with Crippen molar-refractivity contribution in [3.05, 3.63) is 121 Å². The standard InChI is InChI=1S/C53H56BF2N13O12P2S/c1-2-40(70)66-23-33-7-3-4-8-34(33)43-46(35-9-5-6-10-37(35)66)69(65-64-43)17-18-73-19-20-74-21-22-75-24-31-11-13-32(14-12-31)27-84-83(72)77-26-39-47(41(55)52(79-39)68-30-63-45-49(58)60-28-61-51(45)68)80-82(54,71)76-25-38-48(81-83)42(56)53(78-38)67-29-62-44-36(57)15-16-59-50(44)67/h3-16,28-30,38-39,41-42,47-48,52-53H,2,17-27H2,1H3,(H2,57,59)(H2,58,60,61)/t38-,39-,41-,42-,47-,48-,52-,53-,82-,83-/m1/s1. The molecule has 4 N–H and O–H groups in total. The summed E-state index contributed by atoms with van der Waals surface area (Å²) < 4.78 is 120. The minimum absolute atomic E-state index is 0.0211. The number of aromatic nitrogens is 10. The Kier molecular flexibility index (Phi) is 17.1. The Morgan fingerprint density at radius 1 is 0.750 bits per heavy atom. The quantitative estimate of drug-likeness (QED) is 0.0507. The van der Waals surface area contributed by atoms with Crippen molar-refractivity contribution in [1.29, 1.82) is 0 Å². The minimum Gasteiger partial charge on any atom is -0.397 e. The molecule has 0 aliphatic carbocycles. The smallest absolute Gasteiger partial charge is 0.389 e. The number of carbonyl (C=O) groups excluding carboxylic acids is 1. The highest BCUT2D eigenvalue weighted by atomic mass is 32.7. The molecule has 84 heavy (non-hydrogen) atoms. The van der Waals surface area contributed by atoms with E-state index in [1.54, 1.807) is 12.1 Å². The number of carbonyl (C=O) groups is 1. The average Bonchev–Trinajstić information content (AvgIpc) is 2.24. The number of benzene rings is 3. The third kappa shape index (κ3) is 11.9. The van der Waals surface area contributed by atoms with Crippen molar-refractivity contribution in [3.8, 4) is 22.5 Å². The number of fused-ring (bicyclic) bond motifs is 9. The fraction of sp³-hybridized carbons (Fsp3) is 0.396. The van der Waals surface area contributed by atoms with Crippen LogP contribution in [0.4, 0.5) is 26.0 Å². The maximum absolute atomic E-state index is 17.0. The first-order valence-corrected chi connectivity index (χ1v) is 31.6. The molecule has 3 fully saturated rings. The van der Waals surface area contributed by atoms with Crippen LogP contribution in [0.1, 0.15) is 42.5 Å². The van der Waals surface area contributed by atoms with Crippen LogP contribution in [-0.2, 0) is 81.2 Å². The fourth-order valence-electron chi connectivity index (χ4n) is 10.4. The largest absolute Gasteiger partial charge is 0.397 e. The van der Waals surface area contributed by atoms with Gasteiger partial charge in [0.2, 0.25) is 13.5 Å². The minimum atomic E-state index is -4.69. The number of nitrogens with two attached hydrogens (primary N) is 2. The van der Waals surface area contributed by atoms with Crippen molar-refractivity contribution in [2.45, 2.75) is 88.0 Å². The molecule has 4 aliphatic heterocycles. The highest BCUT2D eigenvalue weighted by Gasteiger charge is 2.55. The van der Waals surface area contributed by atoms with Crippen LogP contribution in [0.5, 0.6) is 0 Å². The van der Waals surface area contributed by atoms with E-state index in [1.165, 1.54) is 40.4 Å². The monoisotopic (exact) mass is 1210 g/mol. The lowest BCUT2D eigenvalue weighted by Gasteiger charge is -2.30. The first-order chi connectivity index (χ1) is 40.8. The third-order valence-corrected chi connectivity index (χ3v) is 19.3. The Bertz CT molecular complexity index is 3780.